The molecule has 0 atom stereocenters. The van der Waals surface area contributed by atoms with Gasteiger partial charge in [-0.2, -0.15) is 0 Å². The van der Waals surface area contributed by atoms with E-state index in [2.05, 4.69) is 12.2 Å². The van der Waals surface area contributed by atoms with Gasteiger partial charge >= 0.3 is 5.69 Å². The molecule has 0 saturated heterocycles. The van der Waals surface area contributed by atoms with Crippen molar-refractivity contribution in [3.05, 3.63) is 33.9 Å². The number of rotatable bonds is 9. The van der Waals surface area contributed by atoms with Crippen LogP contribution in [0.4, 0.5) is 5.69 Å². The fourth-order valence-electron chi connectivity index (χ4n) is 1.53. The largest absolute Gasteiger partial charge is 0.460 e. The van der Waals surface area contributed by atoms with Crippen LogP contribution in [0.3, 0.4) is 0 Å². The molecule has 106 valence electrons. The lowest BCUT2D eigenvalue weighted by Crippen LogP contribution is -2.14. The van der Waals surface area contributed by atoms with Crippen LogP contribution in [0.5, 0.6) is 5.75 Å². The molecule has 0 spiro atoms. The minimum atomic E-state index is -0.454. The van der Waals surface area contributed by atoms with Crippen molar-refractivity contribution < 1.29 is 14.4 Å². The first-order valence-corrected chi connectivity index (χ1v) is 6.37. The van der Waals surface area contributed by atoms with Crippen LogP contribution < -0.4 is 10.1 Å². The predicted molar refractivity (Wildman–Crippen MR) is 72.2 cm³/mol. The quantitative estimate of drug-likeness (QED) is 0.322. The molecule has 0 fully saturated rings. The SMILES string of the molecule is CCCNCc1ccc([N+](=O)[O-])c(OCOCC)c1. The van der Waals surface area contributed by atoms with Gasteiger partial charge in [-0.05, 0) is 31.5 Å². The molecule has 6 nitrogen and oxygen atoms in total. The summed E-state index contributed by atoms with van der Waals surface area (Å²) in [4.78, 5) is 10.4. The molecule has 0 heterocycles. The van der Waals surface area contributed by atoms with Gasteiger partial charge < -0.3 is 14.8 Å². The van der Waals surface area contributed by atoms with Gasteiger partial charge in [-0.15, -0.1) is 0 Å². The van der Waals surface area contributed by atoms with Gasteiger partial charge in [0.05, 0.1) is 4.92 Å². The molecular weight excluding hydrogens is 248 g/mol. The van der Waals surface area contributed by atoms with E-state index >= 15 is 0 Å². The summed E-state index contributed by atoms with van der Waals surface area (Å²) in [6.07, 6.45) is 1.04. The van der Waals surface area contributed by atoms with Gasteiger partial charge in [0.2, 0.25) is 0 Å². The van der Waals surface area contributed by atoms with Crippen molar-refractivity contribution in [3.8, 4) is 5.75 Å². The summed E-state index contributed by atoms with van der Waals surface area (Å²) < 4.78 is 10.3. The summed E-state index contributed by atoms with van der Waals surface area (Å²) in [7, 11) is 0. The molecule has 0 radical (unpaired) electrons. The molecule has 0 aliphatic rings. The molecule has 0 bridgehead atoms. The highest BCUT2D eigenvalue weighted by atomic mass is 16.7. The molecule has 0 aliphatic heterocycles. The van der Waals surface area contributed by atoms with Gasteiger partial charge in [0.15, 0.2) is 12.5 Å². The van der Waals surface area contributed by atoms with Crippen LogP contribution in [0.1, 0.15) is 25.8 Å². The van der Waals surface area contributed by atoms with Gasteiger partial charge in [-0.3, -0.25) is 10.1 Å². The van der Waals surface area contributed by atoms with Crippen molar-refractivity contribution in [2.45, 2.75) is 26.8 Å². The highest BCUT2D eigenvalue weighted by molar-refractivity contribution is 5.48. The number of hydrogen-bond donors (Lipinski definition) is 1. The predicted octanol–water partition coefficient (Wildman–Crippen LogP) is 2.47. The zero-order valence-electron chi connectivity index (χ0n) is 11.3. The average molecular weight is 268 g/mol. The minimum absolute atomic E-state index is 0.0170. The van der Waals surface area contributed by atoms with Crippen molar-refractivity contribution in [1.29, 1.82) is 0 Å². The molecule has 1 rings (SSSR count). The first kappa shape index (κ1) is 15.4. The third-order valence-electron chi connectivity index (χ3n) is 2.48. The van der Waals surface area contributed by atoms with E-state index in [1.165, 1.54) is 6.07 Å². The van der Waals surface area contributed by atoms with Crippen molar-refractivity contribution in [2.24, 2.45) is 0 Å². The molecule has 1 aromatic carbocycles. The molecule has 0 unspecified atom stereocenters. The zero-order chi connectivity index (χ0) is 14.1. The lowest BCUT2D eigenvalue weighted by Gasteiger charge is -2.09. The lowest BCUT2D eigenvalue weighted by atomic mass is 10.2. The molecular formula is C13H20N2O4. The molecule has 19 heavy (non-hydrogen) atoms. The Labute approximate surface area is 112 Å². The topological polar surface area (TPSA) is 73.6 Å². The Morgan fingerprint density at radius 1 is 1.37 bits per heavy atom. The number of nitrogens with one attached hydrogen (secondary N) is 1. The first-order valence-electron chi connectivity index (χ1n) is 6.37. The molecule has 0 amide bonds. The molecule has 1 N–H and O–H groups in total. The second-order valence-electron chi connectivity index (χ2n) is 3.99. The van der Waals surface area contributed by atoms with E-state index in [4.69, 9.17) is 9.47 Å². The molecule has 6 heteroatoms. The third kappa shape index (κ3) is 5.23. The normalized spacial score (nSPS) is 10.4. The van der Waals surface area contributed by atoms with Crippen LogP contribution in [0.15, 0.2) is 18.2 Å². The Bertz CT molecular complexity index is 410. The van der Waals surface area contributed by atoms with Gasteiger partial charge in [-0.1, -0.05) is 13.0 Å². The van der Waals surface area contributed by atoms with Crippen LogP contribution in [0.2, 0.25) is 0 Å². The summed E-state index contributed by atoms with van der Waals surface area (Å²) in [5, 5.41) is 14.1. The third-order valence-corrected chi connectivity index (χ3v) is 2.48. The Hall–Kier alpha value is -1.66. The summed E-state index contributed by atoms with van der Waals surface area (Å²) in [5.41, 5.74) is 0.907. The van der Waals surface area contributed by atoms with Gasteiger partial charge in [-0.25, -0.2) is 0 Å². The summed E-state index contributed by atoms with van der Waals surface area (Å²) >= 11 is 0. The average Bonchev–Trinajstić information content (AvgIpc) is 2.39. The van der Waals surface area contributed by atoms with E-state index in [9.17, 15) is 10.1 Å². The minimum Gasteiger partial charge on any atom is -0.460 e. The van der Waals surface area contributed by atoms with E-state index in [-0.39, 0.29) is 18.2 Å². The second-order valence-corrected chi connectivity index (χ2v) is 3.99. The number of nitrogens with zero attached hydrogens (tertiary/aromatic N) is 1. The van der Waals surface area contributed by atoms with Crippen LogP contribution in [-0.2, 0) is 11.3 Å². The maximum Gasteiger partial charge on any atom is 0.311 e. The van der Waals surface area contributed by atoms with Crippen LogP contribution in [0, 0.1) is 10.1 Å². The zero-order valence-corrected chi connectivity index (χ0v) is 11.3. The Balaban J connectivity index is 2.75. The van der Waals surface area contributed by atoms with Crippen LogP contribution in [-0.4, -0.2) is 24.9 Å². The van der Waals surface area contributed by atoms with E-state index in [0.29, 0.717) is 13.2 Å². The number of nitro groups is 1. The molecule has 1 aromatic rings. The standard InChI is InChI=1S/C13H20N2O4/c1-3-7-14-9-11-5-6-12(15(16)17)13(8-11)19-10-18-4-2/h5-6,8,14H,3-4,7,9-10H2,1-2H3. The fourth-order valence-corrected chi connectivity index (χ4v) is 1.53. The Morgan fingerprint density at radius 3 is 2.79 bits per heavy atom. The van der Waals surface area contributed by atoms with Crippen molar-refractivity contribution in [3.63, 3.8) is 0 Å². The maximum absolute atomic E-state index is 10.9. The Morgan fingerprint density at radius 2 is 2.16 bits per heavy atom. The molecule has 0 saturated carbocycles. The van der Waals surface area contributed by atoms with E-state index < -0.39 is 4.92 Å². The fraction of sp³-hybridized carbons (Fsp3) is 0.538. The Kier molecular flexibility index (Phi) is 6.84. The first-order chi connectivity index (χ1) is 9.19. The van der Waals surface area contributed by atoms with Gasteiger partial charge in [0.25, 0.3) is 0 Å². The highest BCUT2D eigenvalue weighted by Gasteiger charge is 2.15. The number of ether oxygens (including phenoxy) is 2. The highest BCUT2D eigenvalue weighted by Crippen LogP contribution is 2.28. The molecule has 0 aromatic heterocycles. The summed E-state index contributed by atoms with van der Waals surface area (Å²) in [5.74, 6) is 0.245. The van der Waals surface area contributed by atoms with Crippen molar-refractivity contribution in [2.75, 3.05) is 19.9 Å². The second kappa shape index (κ2) is 8.44. The van der Waals surface area contributed by atoms with E-state index in [0.717, 1.165) is 18.5 Å². The smallest absolute Gasteiger partial charge is 0.311 e. The lowest BCUT2D eigenvalue weighted by molar-refractivity contribution is -0.386. The van der Waals surface area contributed by atoms with Gasteiger partial charge in [0.1, 0.15) is 0 Å². The number of hydrogen-bond acceptors (Lipinski definition) is 5. The van der Waals surface area contributed by atoms with Crippen LogP contribution >= 0.6 is 0 Å². The van der Waals surface area contributed by atoms with Gasteiger partial charge in [0, 0.05) is 19.2 Å². The summed E-state index contributed by atoms with van der Waals surface area (Å²) in [6, 6.07) is 4.87. The van der Waals surface area contributed by atoms with E-state index in [1.807, 2.05) is 6.92 Å². The molecule has 0 aliphatic carbocycles. The van der Waals surface area contributed by atoms with Crippen LogP contribution in [0.25, 0.3) is 0 Å². The maximum atomic E-state index is 10.9. The number of benzene rings is 1. The number of nitro benzene ring substituents is 1. The summed E-state index contributed by atoms with van der Waals surface area (Å²) in [6.45, 7) is 6.01. The van der Waals surface area contributed by atoms with Crippen molar-refractivity contribution in [1.82, 2.24) is 5.32 Å². The van der Waals surface area contributed by atoms with Crippen molar-refractivity contribution >= 4 is 5.69 Å². The van der Waals surface area contributed by atoms with E-state index in [1.54, 1.807) is 12.1 Å². The monoisotopic (exact) mass is 268 g/mol.